The number of halogens is 1. The van der Waals surface area contributed by atoms with Gasteiger partial charge >= 0.3 is 5.97 Å². The predicted octanol–water partition coefficient (Wildman–Crippen LogP) is 2.21. The van der Waals surface area contributed by atoms with Crippen LogP contribution in [0.4, 0.5) is 4.39 Å². The topological polar surface area (TPSA) is 172 Å². The number of benzene rings is 2. The number of rotatable bonds is 13. The monoisotopic (exact) mass is 783 g/mol. The standard InChI is InChI=1S/C40H46FN7O7Si/c1-53-40(52)33-17-28(49)20-48(33)38(50)19-43-39(51)26-7-8-32-31(16-26)44-36(47(32)21-35(56)34-11-14-54-34)22-46-12-9-25(10-13-46)30-3-2-4-37(45-30)55-23-27-6-5-24(18-42)15-29(27)41/h2-8,15-16,25,28,33-35,49H,9-14,17,19-23H2,1,56H3,(H,43,51)/t28-,33-,34?,35?/m0/s1. The van der Waals surface area contributed by atoms with Crippen molar-refractivity contribution in [2.75, 3.05) is 39.9 Å². The Morgan fingerprint density at radius 2 is 1.93 bits per heavy atom. The number of aromatic nitrogens is 3. The fraction of sp³-hybridized carbons (Fsp3) is 0.450. The number of esters is 1. The van der Waals surface area contributed by atoms with Crippen LogP contribution < -0.4 is 10.1 Å². The minimum absolute atomic E-state index is 0.00416. The summed E-state index contributed by atoms with van der Waals surface area (Å²) >= 11 is 0. The summed E-state index contributed by atoms with van der Waals surface area (Å²) in [4.78, 5) is 51.8. The molecule has 2 unspecified atom stereocenters. The quantitative estimate of drug-likeness (QED) is 0.151. The summed E-state index contributed by atoms with van der Waals surface area (Å²) < 4.78 is 33.1. The summed E-state index contributed by atoms with van der Waals surface area (Å²) in [5, 5.41) is 21.7. The number of β-amino-alcohol motifs (C(OH)–C–C–N with tert-alkyl or cyclic N) is 1. The van der Waals surface area contributed by atoms with Gasteiger partial charge in [0.1, 0.15) is 24.3 Å². The Kier molecular flexibility index (Phi) is 12.1. The molecular weight excluding hydrogens is 738 g/mol. The fourth-order valence-electron chi connectivity index (χ4n) is 7.77. The Labute approximate surface area is 327 Å². The van der Waals surface area contributed by atoms with Gasteiger partial charge < -0.3 is 34.1 Å². The van der Waals surface area contributed by atoms with Crippen LogP contribution in [-0.4, -0.2) is 116 Å². The first-order valence-electron chi connectivity index (χ1n) is 19.0. The highest BCUT2D eigenvalue weighted by atomic mass is 28.1. The lowest BCUT2D eigenvalue weighted by Gasteiger charge is -2.33. The van der Waals surface area contributed by atoms with Gasteiger partial charge in [-0.25, -0.2) is 19.2 Å². The van der Waals surface area contributed by atoms with Gasteiger partial charge in [0, 0.05) is 65.2 Å². The third kappa shape index (κ3) is 8.76. The van der Waals surface area contributed by atoms with Gasteiger partial charge in [-0.3, -0.25) is 14.5 Å². The summed E-state index contributed by atoms with van der Waals surface area (Å²) in [5.74, 6) is -0.441. The van der Waals surface area contributed by atoms with Crippen LogP contribution >= 0.6 is 0 Å². The molecule has 14 nitrogen and oxygen atoms in total. The molecule has 2 aromatic carbocycles. The van der Waals surface area contributed by atoms with Gasteiger partial charge in [-0.15, -0.1) is 0 Å². The van der Waals surface area contributed by atoms with E-state index in [0.29, 0.717) is 34.6 Å². The van der Waals surface area contributed by atoms with Crippen molar-refractivity contribution in [3.05, 3.63) is 88.6 Å². The van der Waals surface area contributed by atoms with Gasteiger partial charge in [0.25, 0.3) is 5.91 Å². The van der Waals surface area contributed by atoms with Crippen molar-refractivity contribution >= 4 is 39.1 Å². The molecule has 0 bridgehead atoms. The number of pyridine rings is 1. The van der Waals surface area contributed by atoms with Crippen molar-refractivity contribution in [3.8, 4) is 11.9 Å². The van der Waals surface area contributed by atoms with Gasteiger partial charge in [-0.1, -0.05) is 12.1 Å². The number of likely N-dealkylation sites (tertiary alicyclic amines) is 2. The largest absolute Gasteiger partial charge is 0.473 e. The Hall–Kier alpha value is -5.21. The number of hydrogen-bond donors (Lipinski definition) is 2. The number of fused-ring (bicyclic) bond motifs is 1. The molecule has 2 aromatic heterocycles. The number of ether oxygens (including phenoxy) is 3. The van der Waals surface area contributed by atoms with Crippen LogP contribution in [0.15, 0.2) is 54.6 Å². The van der Waals surface area contributed by atoms with Crippen LogP contribution in [0, 0.1) is 17.1 Å². The van der Waals surface area contributed by atoms with E-state index in [2.05, 4.69) is 14.8 Å². The Balaban J connectivity index is 0.997. The Bertz CT molecular complexity index is 2130. The Morgan fingerprint density at radius 1 is 1.12 bits per heavy atom. The first kappa shape index (κ1) is 39.0. The molecule has 3 fully saturated rings. The zero-order chi connectivity index (χ0) is 39.3. The van der Waals surface area contributed by atoms with Gasteiger partial charge in [0.15, 0.2) is 0 Å². The molecule has 0 saturated carbocycles. The van der Waals surface area contributed by atoms with Crippen LogP contribution in [0.3, 0.4) is 0 Å². The number of aliphatic hydroxyl groups excluding tert-OH is 1. The second kappa shape index (κ2) is 17.3. The molecular formula is C40H46FN7O7Si. The number of carbonyl (C=O) groups excluding carboxylic acids is 3. The smallest absolute Gasteiger partial charge is 0.328 e. The average Bonchev–Trinajstić information content (AvgIpc) is 3.74. The predicted molar refractivity (Wildman–Crippen MR) is 205 cm³/mol. The minimum atomic E-state index is -0.887. The van der Waals surface area contributed by atoms with Crippen molar-refractivity contribution in [1.29, 1.82) is 5.26 Å². The maximum atomic E-state index is 14.4. The maximum absolute atomic E-state index is 14.4. The molecule has 3 aliphatic rings. The fourth-order valence-corrected chi connectivity index (χ4v) is 8.66. The highest BCUT2D eigenvalue weighted by molar-refractivity contribution is 6.12. The van der Waals surface area contributed by atoms with Crippen molar-refractivity contribution < 1.29 is 38.1 Å². The van der Waals surface area contributed by atoms with E-state index in [1.54, 1.807) is 30.3 Å². The highest BCUT2D eigenvalue weighted by Crippen LogP contribution is 2.31. The van der Waals surface area contributed by atoms with Crippen molar-refractivity contribution in [2.45, 2.75) is 75.1 Å². The molecule has 4 aromatic rings. The van der Waals surface area contributed by atoms with Gasteiger partial charge in [-0.05, 0) is 74.3 Å². The molecule has 16 heteroatoms. The zero-order valence-electron chi connectivity index (χ0n) is 31.5. The van der Waals surface area contributed by atoms with E-state index in [-0.39, 0.29) is 43.7 Å². The molecule has 0 spiro atoms. The highest BCUT2D eigenvalue weighted by Gasteiger charge is 2.39. The van der Waals surface area contributed by atoms with E-state index in [1.807, 2.05) is 24.3 Å². The molecule has 0 aliphatic carbocycles. The molecule has 7 rings (SSSR count). The summed E-state index contributed by atoms with van der Waals surface area (Å²) in [6.45, 7) is 3.53. The van der Waals surface area contributed by atoms with Crippen LogP contribution in [0.2, 0.25) is 5.54 Å². The molecule has 0 radical (unpaired) electrons. The molecule has 3 saturated heterocycles. The lowest BCUT2D eigenvalue weighted by Crippen LogP contribution is -2.46. The van der Waals surface area contributed by atoms with Gasteiger partial charge in [-0.2, -0.15) is 5.26 Å². The minimum Gasteiger partial charge on any atom is -0.473 e. The first-order valence-corrected chi connectivity index (χ1v) is 20.2. The lowest BCUT2D eigenvalue weighted by atomic mass is 9.93. The SMILES string of the molecule is COC(=O)[C@@H]1C[C@H](O)CN1C(=O)CNC(=O)c1ccc2c(c1)nc(CN1CCC(c3cccc(OCc4ccc(C#N)cc4F)n3)CC1)n2CC([SiH3])C1CCO1. The number of hydrogen-bond acceptors (Lipinski definition) is 11. The van der Waals surface area contributed by atoms with Crippen molar-refractivity contribution in [2.24, 2.45) is 0 Å². The van der Waals surface area contributed by atoms with E-state index in [0.717, 1.165) is 72.8 Å². The molecule has 294 valence electrons. The van der Waals surface area contributed by atoms with E-state index in [4.69, 9.17) is 29.4 Å². The summed E-state index contributed by atoms with van der Waals surface area (Å²) in [6.07, 6.45) is 2.33. The van der Waals surface area contributed by atoms with Crippen LogP contribution in [0.5, 0.6) is 5.88 Å². The average molecular weight is 784 g/mol. The molecule has 2 N–H and O–H groups in total. The molecule has 3 aliphatic heterocycles. The van der Waals surface area contributed by atoms with Crippen LogP contribution in [0.1, 0.15) is 64.6 Å². The summed E-state index contributed by atoms with van der Waals surface area (Å²) in [6, 6.07) is 16.4. The van der Waals surface area contributed by atoms with Crippen LogP contribution in [0.25, 0.3) is 11.0 Å². The second-order valence-corrected chi connectivity index (χ2v) is 16.3. The zero-order valence-corrected chi connectivity index (χ0v) is 33.5. The summed E-state index contributed by atoms with van der Waals surface area (Å²) in [7, 11) is 2.19. The number of nitrogens with zero attached hydrogens (tertiary/aromatic N) is 6. The molecule has 56 heavy (non-hydrogen) atoms. The van der Waals surface area contributed by atoms with Crippen LogP contribution in [-0.2, 0) is 38.8 Å². The van der Waals surface area contributed by atoms with Crippen molar-refractivity contribution in [3.63, 3.8) is 0 Å². The lowest BCUT2D eigenvalue weighted by molar-refractivity contribution is -0.150. The number of carbonyl (C=O) groups is 3. The van der Waals surface area contributed by atoms with E-state index in [9.17, 15) is 23.9 Å². The number of nitrogens with one attached hydrogen (secondary N) is 1. The third-order valence-corrected chi connectivity index (χ3v) is 12.2. The number of amides is 2. The number of imidazole rings is 1. The second-order valence-electron chi connectivity index (χ2n) is 14.8. The van der Waals surface area contributed by atoms with E-state index >= 15 is 0 Å². The number of aliphatic hydroxyl groups is 1. The van der Waals surface area contributed by atoms with E-state index in [1.165, 1.54) is 18.1 Å². The third-order valence-electron chi connectivity index (χ3n) is 11.1. The number of methoxy groups -OCH3 is 1. The number of nitriles is 1. The van der Waals surface area contributed by atoms with Gasteiger partial charge in [0.05, 0.1) is 55.1 Å². The Morgan fingerprint density at radius 3 is 2.64 bits per heavy atom. The molecule has 4 atom stereocenters. The van der Waals surface area contributed by atoms with Gasteiger partial charge in [0.2, 0.25) is 11.8 Å². The normalized spacial score (nSPS) is 20.7. The van der Waals surface area contributed by atoms with E-state index < -0.39 is 35.7 Å². The number of piperidine rings is 1. The summed E-state index contributed by atoms with van der Waals surface area (Å²) in [5.41, 5.74) is 3.92. The first-order chi connectivity index (χ1) is 27.1. The molecule has 2 amide bonds. The van der Waals surface area contributed by atoms with Crippen molar-refractivity contribution in [1.82, 2.24) is 29.7 Å². The molecule has 5 heterocycles. The maximum Gasteiger partial charge on any atom is 0.328 e.